The van der Waals surface area contributed by atoms with Gasteiger partial charge in [0, 0.05) is 12.3 Å². The molecule has 0 bridgehead atoms. The molecular weight excluding hydrogens is 216 g/mol. The van der Waals surface area contributed by atoms with Gasteiger partial charge in [0.2, 0.25) is 17.3 Å². The number of nitrogens with zero attached hydrogens (tertiary/aromatic N) is 2. The molecule has 2 aromatic heterocycles. The summed E-state index contributed by atoms with van der Waals surface area (Å²) in [4.78, 5) is 28.0. The molecule has 1 aliphatic carbocycles. The van der Waals surface area contributed by atoms with Crippen LogP contribution in [-0.4, -0.2) is 16.6 Å². The molecule has 0 fully saturated rings. The number of carbonyl (C=O) groups is 2. The van der Waals surface area contributed by atoms with E-state index >= 15 is 0 Å². The number of fused-ring (bicyclic) bond motifs is 3. The third kappa shape index (κ3) is 1.24. The molecule has 0 saturated carbocycles. The second-order valence-electron chi connectivity index (χ2n) is 3.94. The third-order valence-electron chi connectivity index (χ3n) is 2.91. The highest BCUT2D eigenvalue weighted by Crippen LogP contribution is 2.28. The maximum atomic E-state index is 11.9. The molecule has 4 heteroatoms. The average Bonchev–Trinajstić information content (AvgIpc) is 2.36. The first kappa shape index (κ1) is 9.84. The largest absolute Gasteiger partial charge is 0.285 e. The highest BCUT2D eigenvalue weighted by molar-refractivity contribution is 6.52. The Morgan fingerprint density at radius 1 is 1.06 bits per heavy atom. The van der Waals surface area contributed by atoms with E-state index in [0.29, 0.717) is 22.5 Å². The van der Waals surface area contributed by atoms with Crippen LogP contribution in [0.5, 0.6) is 0 Å². The highest BCUT2D eigenvalue weighted by Gasteiger charge is 2.36. The van der Waals surface area contributed by atoms with Crippen molar-refractivity contribution in [2.75, 3.05) is 0 Å². The zero-order valence-corrected chi connectivity index (χ0v) is 9.18. The van der Waals surface area contributed by atoms with E-state index in [9.17, 15) is 9.59 Å². The number of hydrogen-bond acceptors (Lipinski definition) is 3. The first-order chi connectivity index (χ1) is 8.20. The summed E-state index contributed by atoms with van der Waals surface area (Å²) >= 11 is 0. The summed E-state index contributed by atoms with van der Waals surface area (Å²) in [5, 5.41) is 0. The van der Waals surface area contributed by atoms with Gasteiger partial charge in [-0.2, -0.15) is 4.57 Å². The number of Topliss-reactive ketones (excluding diaryl/α,β-unsaturated/α-hetero) is 2. The average molecular weight is 225 g/mol. The van der Waals surface area contributed by atoms with E-state index in [4.69, 9.17) is 0 Å². The molecule has 0 aliphatic heterocycles. The first-order valence-electron chi connectivity index (χ1n) is 5.23. The monoisotopic (exact) mass is 225 g/mol. The van der Waals surface area contributed by atoms with Crippen molar-refractivity contribution in [3.8, 4) is 11.4 Å². The summed E-state index contributed by atoms with van der Waals surface area (Å²) in [6.45, 7) is 0. The van der Waals surface area contributed by atoms with Gasteiger partial charge in [-0.1, -0.05) is 0 Å². The van der Waals surface area contributed by atoms with Gasteiger partial charge in [-0.3, -0.25) is 9.59 Å². The molecule has 2 aromatic rings. The number of hydrogen-bond donors (Lipinski definition) is 0. The molecule has 0 unspecified atom stereocenters. The molecule has 2 heterocycles. The second-order valence-corrected chi connectivity index (χ2v) is 3.94. The lowest BCUT2D eigenvalue weighted by Gasteiger charge is -2.13. The second kappa shape index (κ2) is 3.31. The van der Waals surface area contributed by atoms with Crippen molar-refractivity contribution in [1.82, 2.24) is 4.98 Å². The Kier molecular flexibility index (Phi) is 1.92. The summed E-state index contributed by atoms with van der Waals surface area (Å²) in [5.41, 5.74) is 2.08. The van der Waals surface area contributed by atoms with Crippen molar-refractivity contribution < 1.29 is 14.2 Å². The molecule has 0 saturated heterocycles. The maximum absolute atomic E-state index is 11.9. The van der Waals surface area contributed by atoms with Gasteiger partial charge >= 0.3 is 0 Å². The molecule has 0 aromatic carbocycles. The number of pyridine rings is 2. The van der Waals surface area contributed by atoms with Crippen molar-refractivity contribution in [1.29, 1.82) is 0 Å². The SMILES string of the molecule is C[n+]1cccc2c1-c1ncccc1C(=O)C2=O. The van der Waals surface area contributed by atoms with Crippen LogP contribution in [0.25, 0.3) is 11.4 Å². The summed E-state index contributed by atoms with van der Waals surface area (Å²) in [7, 11) is 1.83. The highest BCUT2D eigenvalue weighted by atomic mass is 16.2. The Balaban J connectivity index is 2.45. The van der Waals surface area contributed by atoms with Gasteiger partial charge in [-0.15, -0.1) is 0 Å². The molecule has 0 radical (unpaired) electrons. The number of aryl methyl sites for hydroxylation is 1. The minimum Gasteiger partial charge on any atom is -0.285 e. The van der Waals surface area contributed by atoms with E-state index in [-0.39, 0.29) is 0 Å². The molecule has 3 rings (SSSR count). The van der Waals surface area contributed by atoms with E-state index in [1.54, 1.807) is 30.5 Å². The molecule has 0 atom stereocenters. The summed E-state index contributed by atoms with van der Waals surface area (Å²) < 4.78 is 1.81. The zero-order valence-electron chi connectivity index (χ0n) is 9.18. The number of aromatic nitrogens is 2. The Morgan fingerprint density at radius 3 is 2.59 bits per heavy atom. The van der Waals surface area contributed by atoms with E-state index < -0.39 is 11.6 Å². The van der Waals surface area contributed by atoms with Gasteiger partial charge in [0.1, 0.15) is 18.3 Å². The normalized spacial score (nSPS) is 13.2. The molecule has 17 heavy (non-hydrogen) atoms. The first-order valence-corrected chi connectivity index (χ1v) is 5.23. The van der Waals surface area contributed by atoms with Crippen molar-refractivity contribution in [2.24, 2.45) is 7.05 Å². The topological polar surface area (TPSA) is 50.9 Å². The van der Waals surface area contributed by atoms with Crippen LogP contribution in [-0.2, 0) is 7.05 Å². The van der Waals surface area contributed by atoms with Crippen molar-refractivity contribution in [2.45, 2.75) is 0 Å². The van der Waals surface area contributed by atoms with Crippen LogP contribution in [0.3, 0.4) is 0 Å². The van der Waals surface area contributed by atoms with Crippen LogP contribution < -0.4 is 4.57 Å². The number of ketones is 2. The molecule has 4 nitrogen and oxygen atoms in total. The van der Waals surface area contributed by atoms with Gasteiger partial charge in [-0.05, 0) is 18.2 Å². The fourth-order valence-corrected chi connectivity index (χ4v) is 2.11. The lowest BCUT2D eigenvalue weighted by Crippen LogP contribution is -2.37. The van der Waals surface area contributed by atoms with E-state index in [1.807, 2.05) is 17.8 Å². The van der Waals surface area contributed by atoms with Crippen LogP contribution in [0, 0.1) is 0 Å². The Bertz CT molecular complexity index is 662. The molecule has 0 amide bonds. The lowest BCUT2D eigenvalue weighted by molar-refractivity contribution is -0.660. The van der Waals surface area contributed by atoms with Gasteiger partial charge < -0.3 is 0 Å². The van der Waals surface area contributed by atoms with Gasteiger partial charge in [-0.25, -0.2) is 4.98 Å². The standard InChI is InChI=1S/C13H9N2O2/c1-15-7-3-5-9-11(15)10-8(4-2-6-14-10)12(16)13(9)17/h2-7H,1H3/q+1. The summed E-state index contributed by atoms with van der Waals surface area (Å²) in [6, 6.07) is 6.71. The smallest absolute Gasteiger partial charge is 0.243 e. The molecule has 0 spiro atoms. The molecule has 0 N–H and O–H groups in total. The predicted molar refractivity (Wildman–Crippen MR) is 59.5 cm³/mol. The van der Waals surface area contributed by atoms with Crippen LogP contribution >= 0.6 is 0 Å². The fraction of sp³-hybridized carbons (Fsp3) is 0.0769. The van der Waals surface area contributed by atoms with Gasteiger partial charge in [0.05, 0.1) is 5.56 Å². The molecule has 82 valence electrons. The van der Waals surface area contributed by atoms with Crippen molar-refractivity contribution >= 4 is 11.6 Å². The minimum absolute atomic E-state index is 0.381. The van der Waals surface area contributed by atoms with Gasteiger partial charge in [0.25, 0.3) is 0 Å². The fourth-order valence-electron chi connectivity index (χ4n) is 2.11. The lowest BCUT2D eigenvalue weighted by atomic mass is 9.90. The zero-order chi connectivity index (χ0) is 12.0. The quantitative estimate of drug-likeness (QED) is 0.495. The van der Waals surface area contributed by atoms with Crippen LogP contribution in [0.15, 0.2) is 36.7 Å². The predicted octanol–water partition coefficient (Wildman–Crippen LogP) is 0.952. The van der Waals surface area contributed by atoms with E-state index in [0.717, 1.165) is 0 Å². The summed E-state index contributed by atoms with van der Waals surface area (Å²) in [5.74, 6) is -0.941. The van der Waals surface area contributed by atoms with Gasteiger partial charge in [0.15, 0.2) is 6.20 Å². The van der Waals surface area contributed by atoms with Crippen molar-refractivity contribution in [3.63, 3.8) is 0 Å². The maximum Gasteiger partial charge on any atom is 0.243 e. The Labute approximate surface area is 97.5 Å². The van der Waals surface area contributed by atoms with Crippen molar-refractivity contribution in [3.05, 3.63) is 47.8 Å². The van der Waals surface area contributed by atoms with Crippen LogP contribution in [0.2, 0.25) is 0 Å². The minimum atomic E-state index is -0.480. The Hall–Kier alpha value is -2.36. The van der Waals surface area contributed by atoms with Crippen LogP contribution in [0.4, 0.5) is 0 Å². The Morgan fingerprint density at radius 2 is 1.76 bits per heavy atom. The van der Waals surface area contributed by atoms with E-state index in [2.05, 4.69) is 4.98 Å². The third-order valence-corrected chi connectivity index (χ3v) is 2.91. The molecule has 1 aliphatic rings. The number of rotatable bonds is 0. The molecular formula is C13H9N2O2+. The van der Waals surface area contributed by atoms with Crippen LogP contribution in [0.1, 0.15) is 20.7 Å². The van der Waals surface area contributed by atoms with E-state index in [1.165, 1.54) is 0 Å². The summed E-state index contributed by atoms with van der Waals surface area (Å²) in [6.07, 6.45) is 3.46. The number of carbonyl (C=O) groups excluding carboxylic acids is 2.